The summed E-state index contributed by atoms with van der Waals surface area (Å²) in [5.41, 5.74) is 1.28. The molecule has 144 valence electrons. The van der Waals surface area contributed by atoms with Crippen LogP contribution in [0.4, 0.5) is 10.5 Å². The molecule has 3 rings (SSSR count). The van der Waals surface area contributed by atoms with Crippen LogP contribution >= 0.6 is 0 Å². The smallest absolute Gasteiger partial charge is 0.314 e. The second-order valence-electron chi connectivity index (χ2n) is 7.96. The molecule has 26 heavy (non-hydrogen) atoms. The Hall–Kier alpha value is -1.75. The zero-order valence-electron chi connectivity index (χ0n) is 16.3. The number of hydrogen-bond acceptors (Lipinski definition) is 3. The summed E-state index contributed by atoms with van der Waals surface area (Å²) in [6, 6.07) is 11.5. The fraction of sp³-hybridized carbons (Fsp3) is 0.667. The molecule has 2 saturated heterocycles. The van der Waals surface area contributed by atoms with Crippen molar-refractivity contribution in [2.45, 2.75) is 51.6 Å². The highest BCUT2D eigenvalue weighted by Gasteiger charge is 2.24. The summed E-state index contributed by atoms with van der Waals surface area (Å²) in [6.07, 6.45) is 5.02. The predicted molar refractivity (Wildman–Crippen MR) is 108 cm³/mol. The molecule has 5 heteroatoms. The van der Waals surface area contributed by atoms with E-state index in [1.807, 2.05) is 0 Å². The van der Waals surface area contributed by atoms with Crippen molar-refractivity contribution in [3.63, 3.8) is 0 Å². The van der Waals surface area contributed by atoms with Crippen molar-refractivity contribution < 1.29 is 4.79 Å². The first-order valence-electron chi connectivity index (χ1n) is 10.2. The highest BCUT2D eigenvalue weighted by molar-refractivity contribution is 5.73. The van der Waals surface area contributed by atoms with Crippen molar-refractivity contribution in [1.82, 2.24) is 15.5 Å². The van der Waals surface area contributed by atoms with Gasteiger partial charge in [-0.25, -0.2) is 4.79 Å². The number of para-hydroxylation sites is 1. The maximum absolute atomic E-state index is 12.2. The molecule has 2 aliphatic heterocycles. The molecule has 2 aliphatic rings. The number of rotatable bonds is 6. The first-order chi connectivity index (χ1) is 12.6. The second-order valence-corrected chi connectivity index (χ2v) is 7.96. The van der Waals surface area contributed by atoms with Crippen LogP contribution in [-0.2, 0) is 0 Å². The van der Waals surface area contributed by atoms with E-state index >= 15 is 0 Å². The van der Waals surface area contributed by atoms with E-state index in [0.717, 1.165) is 39.1 Å². The molecule has 0 spiro atoms. The summed E-state index contributed by atoms with van der Waals surface area (Å²) in [6.45, 7) is 9.24. The van der Waals surface area contributed by atoms with Gasteiger partial charge in [-0.15, -0.1) is 0 Å². The average molecular weight is 359 g/mol. The largest absolute Gasteiger partial charge is 0.371 e. The third kappa shape index (κ3) is 5.13. The number of anilines is 1. The summed E-state index contributed by atoms with van der Waals surface area (Å²) in [4.78, 5) is 17.1. The molecule has 0 bridgehead atoms. The Balaban J connectivity index is 1.34. The SMILES string of the molecule is CC1CCCCN1C(C)CNC(=O)NCC1CCN(c2ccccc2)C1. The molecule has 0 radical (unpaired) electrons. The summed E-state index contributed by atoms with van der Waals surface area (Å²) < 4.78 is 0. The van der Waals surface area contributed by atoms with Crippen LogP contribution in [0.15, 0.2) is 30.3 Å². The number of hydrogen-bond donors (Lipinski definition) is 2. The summed E-state index contributed by atoms with van der Waals surface area (Å²) >= 11 is 0. The standard InChI is InChI=1S/C21H34N4O/c1-17-8-6-7-12-25(17)18(2)14-22-21(26)23-15-19-11-13-24(16-19)20-9-4-3-5-10-20/h3-5,9-10,17-19H,6-8,11-16H2,1-2H3,(H2,22,23,26). The lowest BCUT2D eigenvalue weighted by molar-refractivity contribution is 0.114. The highest BCUT2D eigenvalue weighted by atomic mass is 16.2. The molecule has 2 amide bonds. The highest BCUT2D eigenvalue weighted by Crippen LogP contribution is 2.23. The molecule has 2 N–H and O–H groups in total. The zero-order chi connectivity index (χ0) is 18.4. The lowest BCUT2D eigenvalue weighted by Crippen LogP contribution is -2.50. The van der Waals surface area contributed by atoms with E-state index < -0.39 is 0 Å². The minimum atomic E-state index is -0.0281. The van der Waals surface area contributed by atoms with Crippen LogP contribution in [0.2, 0.25) is 0 Å². The minimum absolute atomic E-state index is 0.0281. The topological polar surface area (TPSA) is 47.6 Å². The van der Waals surface area contributed by atoms with Gasteiger partial charge in [0.2, 0.25) is 0 Å². The Morgan fingerprint density at radius 1 is 1.15 bits per heavy atom. The fourth-order valence-corrected chi connectivity index (χ4v) is 4.30. The number of piperidine rings is 1. The number of nitrogens with one attached hydrogen (secondary N) is 2. The lowest BCUT2D eigenvalue weighted by Gasteiger charge is -2.38. The molecule has 2 fully saturated rings. The molecular weight excluding hydrogens is 324 g/mol. The number of carbonyl (C=O) groups excluding carboxylic acids is 1. The number of carbonyl (C=O) groups is 1. The van der Waals surface area contributed by atoms with Gasteiger partial charge in [-0.3, -0.25) is 4.90 Å². The van der Waals surface area contributed by atoms with Crippen LogP contribution in [0.25, 0.3) is 0 Å². The summed E-state index contributed by atoms with van der Waals surface area (Å²) in [5.74, 6) is 0.528. The summed E-state index contributed by atoms with van der Waals surface area (Å²) in [7, 11) is 0. The first-order valence-corrected chi connectivity index (χ1v) is 10.2. The van der Waals surface area contributed by atoms with Crippen molar-refractivity contribution in [1.29, 1.82) is 0 Å². The third-order valence-electron chi connectivity index (χ3n) is 5.94. The van der Waals surface area contributed by atoms with Crippen molar-refractivity contribution in [2.75, 3.05) is 37.6 Å². The van der Waals surface area contributed by atoms with Crippen LogP contribution in [0, 0.1) is 5.92 Å². The first kappa shape index (κ1) is 19.0. The lowest BCUT2D eigenvalue weighted by atomic mass is 10.0. The van der Waals surface area contributed by atoms with Gasteiger partial charge in [-0.1, -0.05) is 24.6 Å². The number of benzene rings is 1. The number of nitrogens with zero attached hydrogens (tertiary/aromatic N) is 2. The molecule has 5 nitrogen and oxygen atoms in total. The normalized spacial score (nSPS) is 25.1. The maximum atomic E-state index is 12.2. The van der Waals surface area contributed by atoms with Gasteiger partial charge in [0.25, 0.3) is 0 Å². The van der Waals surface area contributed by atoms with E-state index in [9.17, 15) is 4.79 Å². The van der Waals surface area contributed by atoms with Crippen LogP contribution in [0.1, 0.15) is 39.5 Å². The Labute approximate surface area is 158 Å². The molecule has 0 aliphatic carbocycles. The van der Waals surface area contributed by atoms with Gasteiger partial charge in [0.15, 0.2) is 0 Å². The van der Waals surface area contributed by atoms with Crippen molar-refractivity contribution in [3.8, 4) is 0 Å². The number of urea groups is 1. The van der Waals surface area contributed by atoms with E-state index in [-0.39, 0.29) is 6.03 Å². The predicted octanol–water partition coefficient (Wildman–Crippen LogP) is 3.08. The second kappa shape index (κ2) is 9.26. The van der Waals surface area contributed by atoms with Gasteiger partial charge in [0.05, 0.1) is 0 Å². The maximum Gasteiger partial charge on any atom is 0.314 e. The Morgan fingerprint density at radius 2 is 1.96 bits per heavy atom. The average Bonchev–Trinajstić information content (AvgIpc) is 3.14. The molecule has 2 heterocycles. The molecule has 3 atom stereocenters. The Kier molecular flexibility index (Phi) is 6.78. The van der Waals surface area contributed by atoms with Crippen molar-refractivity contribution in [3.05, 3.63) is 30.3 Å². The summed E-state index contributed by atoms with van der Waals surface area (Å²) in [5, 5.41) is 6.13. The van der Waals surface area contributed by atoms with E-state index in [1.165, 1.54) is 24.9 Å². The Bertz CT molecular complexity index is 564. The number of likely N-dealkylation sites (tertiary alicyclic amines) is 1. The Morgan fingerprint density at radius 3 is 2.73 bits per heavy atom. The molecule has 1 aromatic carbocycles. The van der Waals surface area contributed by atoms with Gasteiger partial charge >= 0.3 is 6.03 Å². The van der Waals surface area contributed by atoms with E-state index in [4.69, 9.17) is 0 Å². The van der Waals surface area contributed by atoms with E-state index in [0.29, 0.717) is 18.0 Å². The monoisotopic (exact) mass is 358 g/mol. The van der Waals surface area contributed by atoms with E-state index in [1.54, 1.807) is 0 Å². The number of amides is 2. The van der Waals surface area contributed by atoms with Crippen LogP contribution < -0.4 is 15.5 Å². The van der Waals surface area contributed by atoms with E-state index in [2.05, 4.69) is 64.6 Å². The van der Waals surface area contributed by atoms with Crippen LogP contribution in [-0.4, -0.2) is 55.7 Å². The fourth-order valence-electron chi connectivity index (χ4n) is 4.30. The van der Waals surface area contributed by atoms with Gasteiger partial charge in [0.1, 0.15) is 0 Å². The third-order valence-corrected chi connectivity index (χ3v) is 5.94. The van der Waals surface area contributed by atoms with Gasteiger partial charge < -0.3 is 15.5 Å². The van der Waals surface area contributed by atoms with Gasteiger partial charge in [-0.2, -0.15) is 0 Å². The van der Waals surface area contributed by atoms with Crippen molar-refractivity contribution >= 4 is 11.7 Å². The molecule has 0 aromatic heterocycles. The van der Waals surface area contributed by atoms with Gasteiger partial charge in [0, 0.05) is 44.0 Å². The van der Waals surface area contributed by atoms with Crippen molar-refractivity contribution in [2.24, 2.45) is 5.92 Å². The molecule has 3 unspecified atom stereocenters. The zero-order valence-corrected chi connectivity index (χ0v) is 16.3. The van der Waals surface area contributed by atoms with Crippen LogP contribution in [0.5, 0.6) is 0 Å². The molecular formula is C21H34N4O. The quantitative estimate of drug-likeness (QED) is 0.822. The molecule has 1 aromatic rings. The van der Waals surface area contributed by atoms with Crippen LogP contribution in [0.3, 0.4) is 0 Å². The minimum Gasteiger partial charge on any atom is -0.371 e. The van der Waals surface area contributed by atoms with Gasteiger partial charge in [-0.05, 0) is 57.7 Å². The molecule has 0 saturated carbocycles.